The van der Waals surface area contributed by atoms with Gasteiger partial charge in [0.1, 0.15) is 25.0 Å². The van der Waals surface area contributed by atoms with Crippen molar-refractivity contribution in [2.75, 3.05) is 26.9 Å². The minimum absolute atomic E-state index is 0.129. The highest BCUT2D eigenvalue weighted by Crippen LogP contribution is 2.35. The Kier molecular flexibility index (Phi) is 6.09. The van der Waals surface area contributed by atoms with Crippen molar-refractivity contribution in [1.29, 1.82) is 0 Å². The number of sulfonamides is 1. The second kappa shape index (κ2) is 9.05. The highest BCUT2D eigenvalue weighted by Gasteiger charge is 2.39. The van der Waals surface area contributed by atoms with E-state index in [0.717, 1.165) is 10.2 Å². The molecule has 34 heavy (non-hydrogen) atoms. The summed E-state index contributed by atoms with van der Waals surface area (Å²) >= 11 is 1.38. The van der Waals surface area contributed by atoms with E-state index in [0.29, 0.717) is 54.7 Å². The summed E-state index contributed by atoms with van der Waals surface area (Å²) in [6.45, 7) is 3.84. The van der Waals surface area contributed by atoms with Gasteiger partial charge in [-0.2, -0.15) is 9.30 Å². The number of fused-ring (bicyclic) bond motifs is 2. The van der Waals surface area contributed by atoms with Crippen molar-refractivity contribution in [3.8, 4) is 17.2 Å². The monoisotopic (exact) mass is 503 g/mol. The molecule has 0 aliphatic carbocycles. The largest absolute Gasteiger partial charge is 0.497 e. The fourth-order valence-corrected chi connectivity index (χ4v) is 7.08. The summed E-state index contributed by atoms with van der Waals surface area (Å²) in [6.07, 6.45) is 1.04. The zero-order valence-electron chi connectivity index (χ0n) is 18.9. The number of rotatable bonds is 5. The van der Waals surface area contributed by atoms with Crippen LogP contribution in [0.5, 0.6) is 17.2 Å². The van der Waals surface area contributed by atoms with Crippen LogP contribution in [0, 0.1) is 0 Å². The van der Waals surface area contributed by atoms with Gasteiger partial charge in [-0.25, -0.2) is 8.42 Å². The van der Waals surface area contributed by atoms with Crippen LogP contribution in [0.25, 0.3) is 10.2 Å². The molecule has 1 aromatic heterocycles. The van der Waals surface area contributed by atoms with Crippen molar-refractivity contribution >= 4 is 37.5 Å². The number of thiazole rings is 1. The zero-order valence-corrected chi connectivity index (χ0v) is 20.5. The molecule has 0 saturated carbocycles. The number of ether oxygens (including phenoxy) is 3. The van der Waals surface area contributed by atoms with Gasteiger partial charge in [0, 0.05) is 25.2 Å². The number of benzene rings is 2. The first-order valence-corrected chi connectivity index (χ1v) is 13.4. The summed E-state index contributed by atoms with van der Waals surface area (Å²) in [7, 11) is -2.32. The molecule has 0 bridgehead atoms. The average Bonchev–Trinajstić information content (AvgIpc) is 3.47. The molecule has 11 heteroatoms. The van der Waals surface area contributed by atoms with Crippen LogP contribution in [0.4, 0.5) is 0 Å². The maximum absolute atomic E-state index is 13.3. The second-order valence-electron chi connectivity index (χ2n) is 7.99. The first-order valence-electron chi connectivity index (χ1n) is 11.1. The molecule has 0 N–H and O–H groups in total. The first-order chi connectivity index (χ1) is 16.4. The van der Waals surface area contributed by atoms with E-state index in [1.54, 1.807) is 12.1 Å². The Morgan fingerprint density at radius 2 is 1.88 bits per heavy atom. The maximum Gasteiger partial charge on any atom is 0.266 e. The van der Waals surface area contributed by atoms with Gasteiger partial charge in [0.25, 0.3) is 5.91 Å². The van der Waals surface area contributed by atoms with Crippen LogP contribution in [-0.4, -0.2) is 56.1 Å². The zero-order chi connectivity index (χ0) is 23.9. The summed E-state index contributed by atoms with van der Waals surface area (Å²) in [5.41, 5.74) is 0.900. The van der Waals surface area contributed by atoms with Crippen molar-refractivity contribution < 1.29 is 27.4 Å². The third-order valence-corrected chi connectivity index (χ3v) is 8.99. The minimum atomic E-state index is -3.84. The van der Waals surface area contributed by atoms with Gasteiger partial charge in [0.05, 0.1) is 22.2 Å². The Labute approximate surface area is 201 Å². The predicted molar refractivity (Wildman–Crippen MR) is 127 cm³/mol. The molecule has 1 amide bonds. The van der Waals surface area contributed by atoms with Crippen molar-refractivity contribution in [3.63, 3.8) is 0 Å². The summed E-state index contributed by atoms with van der Waals surface area (Å²) < 4.78 is 47.2. The number of hydrogen-bond acceptors (Lipinski definition) is 7. The van der Waals surface area contributed by atoms with Crippen molar-refractivity contribution in [3.05, 3.63) is 41.2 Å². The lowest BCUT2D eigenvalue weighted by Gasteiger charge is -2.21. The van der Waals surface area contributed by atoms with E-state index in [4.69, 9.17) is 14.2 Å². The van der Waals surface area contributed by atoms with Gasteiger partial charge in [0.15, 0.2) is 16.3 Å². The van der Waals surface area contributed by atoms with Crippen LogP contribution in [-0.2, 0) is 21.4 Å². The number of aromatic nitrogens is 1. The van der Waals surface area contributed by atoms with Crippen molar-refractivity contribution in [1.82, 2.24) is 8.87 Å². The maximum atomic E-state index is 13.3. The number of amides is 1. The number of nitrogens with zero attached hydrogens (tertiary/aromatic N) is 3. The van der Waals surface area contributed by atoms with E-state index in [1.807, 2.05) is 23.6 Å². The minimum Gasteiger partial charge on any atom is -0.497 e. The molecule has 3 heterocycles. The van der Waals surface area contributed by atoms with E-state index in [9.17, 15) is 13.2 Å². The van der Waals surface area contributed by atoms with Crippen LogP contribution in [0.15, 0.2) is 46.3 Å². The first kappa shape index (κ1) is 22.9. The molecular weight excluding hydrogens is 478 g/mol. The smallest absolute Gasteiger partial charge is 0.266 e. The summed E-state index contributed by atoms with van der Waals surface area (Å²) in [5.74, 6) is 1.45. The molecule has 9 nitrogen and oxygen atoms in total. The van der Waals surface area contributed by atoms with Crippen molar-refractivity contribution in [2.24, 2.45) is 4.99 Å². The summed E-state index contributed by atoms with van der Waals surface area (Å²) in [4.78, 5) is 18.3. The highest BCUT2D eigenvalue weighted by molar-refractivity contribution is 7.89. The third-order valence-electron chi connectivity index (χ3n) is 6.02. The van der Waals surface area contributed by atoms with Gasteiger partial charge in [-0.15, -0.1) is 0 Å². The second-order valence-corrected chi connectivity index (χ2v) is 10.9. The average molecular weight is 504 g/mol. The molecule has 3 aromatic rings. The number of hydrogen-bond donors (Lipinski definition) is 0. The van der Waals surface area contributed by atoms with E-state index in [1.165, 1.54) is 34.9 Å². The van der Waals surface area contributed by atoms with Gasteiger partial charge in [-0.3, -0.25) is 4.79 Å². The van der Waals surface area contributed by atoms with E-state index < -0.39 is 22.0 Å². The summed E-state index contributed by atoms with van der Waals surface area (Å²) in [6, 6.07) is 9.16. The van der Waals surface area contributed by atoms with Crippen LogP contribution < -0.4 is 19.0 Å². The normalized spacial score (nSPS) is 19.0. The SMILES string of the molecule is CCn1c(=NC(=O)C2CCCN2S(=O)(=O)c2ccc(OC)cc2)sc2cc3c(cc21)OCCO3. The third kappa shape index (κ3) is 3.97. The molecule has 2 aliphatic heterocycles. The topological polar surface area (TPSA) is 99.4 Å². The standard InChI is InChI=1S/C23H25N3O6S2/c1-3-25-18-13-19-20(32-12-11-31-19)14-21(18)33-23(25)24-22(27)17-5-4-10-26(17)34(28,29)16-8-6-15(30-2)7-9-16/h6-9,13-14,17H,3-5,10-12H2,1-2H3. The number of methoxy groups -OCH3 is 1. The van der Waals surface area contributed by atoms with Crippen LogP contribution in [0.3, 0.4) is 0 Å². The van der Waals surface area contributed by atoms with Gasteiger partial charge in [-0.05, 0) is 44.0 Å². The molecule has 1 unspecified atom stereocenters. The van der Waals surface area contributed by atoms with Gasteiger partial charge in [-0.1, -0.05) is 11.3 Å². The molecule has 1 fully saturated rings. The lowest BCUT2D eigenvalue weighted by molar-refractivity contribution is -0.121. The quantitative estimate of drug-likeness (QED) is 0.531. The lowest BCUT2D eigenvalue weighted by Crippen LogP contribution is -2.40. The van der Waals surface area contributed by atoms with Crippen molar-refractivity contribution in [2.45, 2.75) is 37.2 Å². The molecule has 1 saturated heterocycles. The number of carbonyl (C=O) groups excluding carboxylic acids is 1. The molecular formula is C23H25N3O6S2. The van der Waals surface area contributed by atoms with E-state index in [2.05, 4.69) is 4.99 Å². The fourth-order valence-electron chi connectivity index (χ4n) is 4.32. The molecule has 0 spiro atoms. The molecule has 1 atom stereocenters. The van der Waals surface area contributed by atoms with Crippen LogP contribution in [0.2, 0.25) is 0 Å². The lowest BCUT2D eigenvalue weighted by atomic mass is 10.2. The Morgan fingerprint density at radius 1 is 1.18 bits per heavy atom. The molecule has 5 rings (SSSR count). The van der Waals surface area contributed by atoms with Gasteiger partial charge >= 0.3 is 0 Å². The highest BCUT2D eigenvalue weighted by atomic mass is 32.2. The molecule has 0 radical (unpaired) electrons. The van der Waals surface area contributed by atoms with Gasteiger partial charge in [0.2, 0.25) is 10.0 Å². The fraction of sp³-hybridized carbons (Fsp3) is 0.391. The summed E-state index contributed by atoms with van der Waals surface area (Å²) in [5, 5.41) is 0. The van der Waals surface area contributed by atoms with Gasteiger partial charge < -0.3 is 18.8 Å². The number of aryl methyl sites for hydroxylation is 1. The van der Waals surface area contributed by atoms with E-state index >= 15 is 0 Å². The molecule has 180 valence electrons. The Hall–Kier alpha value is -2.89. The van der Waals surface area contributed by atoms with Crippen LogP contribution in [0.1, 0.15) is 19.8 Å². The Bertz CT molecular complexity index is 1410. The Morgan fingerprint density at radius 3 is 2.56 bits per heavy atom. The van der Waals surface area contributed by atoms with Crippen LogP contribution >= 0.6 is 11.3 Å². The predicted octanol–water partition coefficient (Wildman–Crippen LogP) is 2.78. The molecule has 2 aromatic carbocycles. The van der Waals surface area contributed by atoms with E-state index in [-0.39, 0.29) is 11.4 Å². The Balaban J connectivity index is 1.49. The number of carbonyl (C=O) groups is 1. The molecule has 2 aliphatic rings.